The van der Waals surface area contributed by atoms with Crippen LogP contribution in [0.25, 0.3) is 15.9 Å². The first-order valence-corrected chi connectivity index (χ1v) is 11.8. The van der Waals surface area contributed by atoms with Gasteiger partial charge in [-0.2, -0.15) is 5.10 Å². The summed E-state index contributed by atoms with van der Waals surface area (Å²) in [6.07, 6.45) is 6.21. The Hall–Kier alpha value is -2.88. The van der Waals surface area contributed by atoms with E-state index < -0.39 is 0 Å². The third-order valence-electron chi connectivity index (χ3n) is 7.26. The van der Waals surface area contributed by atoms with Crippen LogP contribution >= 0.6 is 11.3 Å². The molecule has 168 valence electrons. The standard InChI is InChI=1S/C22H27N7O2S/c1-6-22(4,5)14-7-8-15-16(9-14)32-21-18(15)20-24-17(26-28(20)11-23-21)10-27-13(3)19(29(30)31)12(2)25-27/h11,14H,6-10H2,1-5H3/t14-/m0/s1. The summed E-state index contributed by atoms with van der Waals surface area (Å²) in [6, 6.07) is 0. The minimum Gasteiger partial charge on any atom is -0.258 e. The lowest BCUT2D eigenvalue weighted by molar-refractivity contribution is -0.386. The van der Waals surface area contributed by atoms with Crippen LogP contribution in [0.5, 0.6) is 0 Å². The summed E-state index contributed by atoms with van der Waals surface area (Å²) in [4.78, 5) is 22.9. The van der Waals surface area contributed by atoms with Crippen LogP contribution < -0.4 is 0 Å². The summed E-state index contributed by atoms with van der Waals surface area (Å²) in [7, 11) is 0. The van der Waals surface area contributed by atoms with E-state index in [1.165, 1.54) is 23.3 Å². The van der Waals surface area contributed by atoms with Crippen molar-refractivity contribution < 1.29 is 4.92 Å². The first-order chi connectivity index (χ1) is 15.2. The molecule has 4 heterocycles. The zero-order valence-electron chi connectivity index (χ0n) is 19.0. The van der Waals surface area contributed by atoms with Gasteiger partial charge in [0.05, 0.1) is 10.3 Å². The molecular weight excluding hydrogens is 426 g/mol. The summed E-state index contributed by atoms with van der Waals surface area (Å²) in [6.45, 7) is 10.7. The van der Waals surface area contributed by atoms with Crippen LogP contribution in [0, 0.1) is 35.3 Å². The minimum absolute atomic E-state index is 0.0503. The zero-order valence-corrected chi connectivity index (χ0v) is 19.9. The van der Waals surface area contributed by atoms with Crippen molar-refractivity contribution in [3.8, 4) is 0 Å². The molecule has 32 heavy (non-hydrogen) atoms. The number of hydrogen-bond donors (Lipinski definition) is 0. The van der Waals surface area contributed by atoms with Crippen molar-refractivity contribution in [1.29, 1.82) is 0 Å². The Morgan fingerprint density at radius 3 is 2.78 bits per heavy atom. The number of aryl methyl sites for hydroxylation is 2. The first kappa shape index (κ1) is 21.0. The van der Waals surface area contributed by atoms with E-state index in [0.29, 0.717) is 28.5 Å². The molecule has 4 aromatic rings. The summed E-state index contributed by atoms with van der Waals surface area (Å²) < 4.78 is 3.33. The fourth-order valence-electron chi connectivity index (χ4n) is 4.88. The van der Waals surface area contributed by atoms with E-state index in [-0.39, 0.29) is 17.2 Å². The third kappa shape index (κ3) is 3.19. The van der Waals surface area contributed by atoms with Gasteiger partial charge in [0.1, 0.15) is 29.1 Å². The van der Waals surface area contributed by atoms with Crippen LogP contribution in [0.2, 0.25) is 0 Å². The van der Waals surface area contributed by atoms with Crippen molar-refractivity contribution in [1.82, 2.24) is 29.4 Å². The largest absolute Gasteiger partial charge is 0.312 e. The first-order valence-electron chi connectivity index (χ1n) is 11.0. The Morgan fingerprint density at radius 1 is 1.31 bits per heavy atom. The number of rotatable bonds is 5. The van der Waals surface area contributed by atoms with E-state index in [1.807, 2.05) is 0 Å². The predicted molar refractivity (Wildman–Crippen MR) is 123 cm³/mol. The van der Waals surface area contributed by atoms with Crippen LogP contribution in [0.4, 0.5) is 5.69 Å². The van der Waals surface area contributed by atoms with Crippen LogP contribution in [0.1, 0.15) is 61.3 Å². The number of thiophene rings is 1. The highest BCUT2D eigenvalue weighted by Gasteiger charge is 2.33. The second kappa shape index (κ2) is 7.33. The van der Waals surface area contributed by atoms with Crippen molar-refractivity contribution >= 4 is 32.9 Å². The van der Waals surface area contributed by atoms with Crippen molar-refractivity contribution in [2.45, 2.75) is 66.8 Å². The smallest absolute Gasteiger partial charge is 0.258 e. The highest BCUT2D eigenvalue weighted by molar-refractivity contribution is 7.19. The molecule has 0 N–H and O–H groups in total. The van der Waals surface area contributed by atoms with Crippen LogP contribution in [-0.2, 0) is 19.4 Å². The maximum Gasteiger partial charge on any atom is 0.312 e. The van der Waals surface area contributed by atoms with Gasteiger partial charge in [-0.3, -0.25) is 14.8 Å². The molecule has 1 aliphatic carbocycles. The average Bonchev–Trinajstić information content (AvgIpc) is 3.39. The Bertz CT molecular complexity index is 1360. The summed E-state index contributed by atoms with van der Waals surface area (Å²) in [5, 5.41) is 21.4. The molecular formula is C22H27N7O2S. The Balaban J connectivity index is 1.54. The molecule has 0 bridgehead atoms. The molecule has 0 aromatic carbocycles. The molecule has 0 aliphatic heterocycles. The molecule has 0 amide bonds. The highest BCUT2D eigenvalue weighted by atomic mass is 32.1. The molecule has 0 saturated carbocycles. The fourth-order valence-corrected chi connectivity index (χ4v) is 6.14. The lowest BCUT2D eigenvalue weighted by Crippen LogP contribution is -2.28. The minimum atomic E-state index is -0.385. The molecule has 0 unspecified atom stereocenters. The number of nitrogens with zero attached hydrogens (tertiary/aromatic N) is 7. The fraction of sp³-hybridized carbons (Fsp3) is 0.545. The molecule has 1 aliphatic rings. The predicted octanol–water partition coefficient (Wildman–Crippen LogP) is 4.65. The van der Waals surface area contributed by atoms with Crippen molar-refractivity contribution in [2.24, 2.45) is 11.3 Å². The normalized spacial score (nSPS) is 16.7. The second-order valence-corrected chi connectivity index (χ2v) is 10.5. The van der Waals surface area contributed by atoms with Gasteiger partial charge in [0.25, 0.3) is 0 Å². The van der Waals surface area contributed by atoms with E-state index in [4.69, 9.17) is 4.98 Å². The highest BCUT2D eigenvalue weighted by Crippen LogP contribution is 2.44. The van der Waals surface area contributed by atoms with Gasteiger partial charge in [-0.25, -0.2) is 14.5 Å². The van der Waals surface area contributed by atoms with Crippen LogP contribution in [0.15, 0.2) is 6.33 Å². The Morgan fingerprint density at radius 2 is 2.09 bits per heavy atom. The van der Waals surface area contributed by atoms with Gasteiger partial charge < -0.3 is 0 Å². The van der Waals surface area contributed by atoms with Crippen molar-refractivity contribution in [3.63, 3.8) is 0 Å². The average molecular weight is 454 g/mol. The topological polar surface area (TPSA) is 104 Å². The van der Waals surface area contributed by atoms with E-state index in [2.05, 4.69) is 36.0 Å². The van der Waals surface area contributed by atoms with Gasteiger partial charge in [-0.1, -0.05) is 27.2 Å². The monoisotopic (exact) mass is 453 g/mol. The van der Waals surface area contributed by atoms with E-state index in [1.54, 1.807) is 40.7 Å². The maximum absolute atomic E-state index is 11.3. The lowest BCUT2D eigenvalue weighted by Gasteiger charge is -2.36. The van der Waals surface area contributed by atoms with E-state index in [0.717, 1.165) is 28.7 Å². The van der Waals surface area contributed by atoms with Gasteiger partial charge in [-0.05, 0) is 50.0 Å². The maximum atomic E-state index is 11.3. The van der Waals surface area contributed by atoms with Gasteiger partial charge in [0, 0.05) is 4.88 Å². The summed E-state index contributed by atoms with van der Waals surface area (Å²) in [5.74, 6) is 1.25. The number of aromatic nitrogens is 6. The van der Waals surface area contributed by atoms with E-state index in [9.17, 15) is 10.1 Å². The molecule has 10 heteroatoms. The zero-order chi connectivity index (χ0) is 22.8. The molecule has 9 nitrogen and oxygen atoms in total. The van der Waals surface area contributed by atoms with E-state index >= 15 is 0 Å². The van der Waals surface area contributed by atoms with Gasteiger partial charge in [0.2, 0.25) is 0 Å². The number of hydrogen-bond acceptors (Lipinski definition) is 7. The number of nitro groups is 1. The molecule has 0 fully saturated rings. The molecule has 4 aromatic heterocycles. The SMILES string of the molecule is CCC(C)(C)[C@H]1CCc2c(sc3ncn4nc(Cn5nc(C)c([N+](=O)[O-])c5C)nc4c23)C1. The van der Waals surface area contributed by atoms with Crippen molar-refractivity contribution in [3.05, 3.63) is 44.1 Å². The van der Waals surface area contributed by atoms with Crippen LogP contribution in [-0.4, -0.2) is 34.3 Å². The molecule has 0 saturated heterocycles. The van der Waals surface area contributed by atoms with Crippen molar-refractivity contribution in [2.75, 3.05) is 0 Å². The molecule has 0 spiro atoms. The Labute approximate surface area is 189 Å². The number of fused-ring (bicyclic) bond motifs is 5. The van der Waals surface area contributed by atoms with Gasteiger partial charge in [0.15, 0.2) is 11.5 Å². The molecule has 0 radical (unpaired) electrons. The quantitative estimate of drug-likeness (QED) is 0.322. The van der Waals surface area contributed by atoms with Gasteiger partial charge in [-0.15, -0.1) is 16.4 Å². The Kier molecular flexibility index (Phi) is 4.81. The molecule has 1 atom stereocenters. The molecule has 5 rings (SSSR count). The summed E-state index contributed by atoms with van der Waals surface area (Å²) in [5.41, 5.74) is 3.47. The second-order valence-electron chi connectivity index (χ2n) is 9.44. The van der Waals surface area contributed by atoms with Gasteiger partial charge >= 0.3 is 5.69 Å². The third-order valence-corrected chi connectivity index (χ3v) is 8.43. The lowest BCUT2D eigenvalue weighted by atomic mass is 9.70. The van der Waals surface area contributed by atoms with Crippen LogP contribution in [0.3, 0.4) is 0 Å². The summed E-state index contributed by atoms with van der Waals surface area (Å²) >= 11 is 1.78.